The molecule has 1 amide bonds. The zero-order chi connectivity index (χ0) is 13.0. The van der Waals surface area contributed by atoms with Crippen molar-refractivity contribution in [2.24, 2.45) is 5.73 Å². The summed E-state index contributed by atoms with van der Waals surface area (Å²) in [5, 5.41) is 0. The molecule has 5 nitrogen and oxygen atoms in total. The van der Waals surface area contributed by atoms with Crippen LogP contribution in [0.1, 0.15) is 5.56 Å². The normalized spacial score (nSPS) is 9.82. The third-order valence-corrected chi connectivity index (χ3v) is 2.53. The molecule has 0 aliphatic heterocycles. The Kier molecular flexibility index (Phi) is 4.39. The summed E-state index contributed by atoms with van der Waals surface area (Å²) in [6.45, 7) is 0.284. The van der Waals surface area contributed by atoms with E-state index in [-0.39, 0.29) is 12.5 Å². The molecular formula is C11H16N4OS. The van der Waals surface area contributed by atoms with Crippen LogP contribution >= 0.6 is 12.2 Å². The first-order valence-corrected chi connectivity index (χ1v) is 5.49. The summed E-state index contributed by atoms with van der Waals surface area (Å²) in [5.41, 5.74) is 6.20. The molecule has 1 aromatic heterocycles. The first-order valence-electron chi connectivity index (χ1n) is 5.09. The van der Waals surface area contributed by atoms with E-state index in [1.54, 1.807) is 42.2 Å². The summed E-state index contributed by atoms with van der Waals surface area (Å²) in [6.07, 6.45) is 1.61. The molecule has 0 atom stereocenters. The average Bonchev–Trinajstić information content (AvgIpc) is 2.28. The van der Waals surface area contributed by atoms with Gasteiger partial charge in [0.2, 0.25) is 5.91 Å². The standard InChI is InChI=1S/C11H16N4OS/c1-14(2)10(16)7-15(3)9-5-4-8(6-13-9)11(12)17/h4-6H,7H2,1-3H3,(H2,12,17). The lowest BCUT2D eigenvalue weighted by Crippen LogP contribution is -2.34. The van der Waals surface area contributed by atoms with Crippen molar-refractivity contribution >= 4 is 28.9 Å². The number of carbonyl (C=O) groups excluding carboxylic acids is 1. The summed E-state index contributed by atoms with van der Waals surface area (Å²) in [7, 11) is 5.25. The Morgan fingerprint density at radius 2 is 2.06 bits per heavy atom. The van der Waals surface area contributed by atoms with Crippen LogP contribution in [0.4, 0.5) is 5.82 Å². The van der Waals surface area contributed by atoms with Crippen LogP contribution in [0.15, 0.2) is 18.3 Å². The second kappa shape index (κ2) is 5.58. The fourth-order valence-electron chi connectivity index (χ4n) is 1.18. The number of carbonyl (C=O) groups is 1. The van der Waals surface area contributed by atoms with Crippen LogP contribution < -0.4 is 10.6 Å². The number of hydrogen-bond acceptors (Lipinski definition) is 4. The second-order valence-corrected chi connectivity index (χ2v) is 4.35. The lowest BCUT2D eigenvalue weighted by atomic mass is 10.3. The number of amides is 1. The van der Waals surface area contributed by atoms with Crippen molar-refractivity contribution < 1.29 is 4.79 Å². The van der Waals surface area contributed by atoms with Gasteiger partial charge >= 0.3 is 0 Å². The molecule has 0 spiro atoms. The van der Waals surface area contributed by atoms with Crippen molar-refractivity contribution in [3.05, 3.63) is 23.9 Å². The van der Waals surface area contributed by atoms with Gasteiger partial charge in [0.05, 0.1) is 6.54 Å². The number of nitrogens with zero attached hydrogens (tertiary/aromatic N) is 3. The minimum atomic E-state index is 0.0210. The van der Waals surface area contributed by atoms with Gasteiger partial charge in [-0.1, -0.05) is 12.2 Å². The molecule has 6 heteroatoms. The van der Waals surface area contributed by atoms with Crippen LogP contribution in [0.25, 0.3) is 0 Å². The summed E-state index contributed by atoms with van der Waals surface area (Å²) in [6, 6.07) is 3.58. The number of hydrogen-bond donors (Lipinski definition) is 1. The van der Waals surface area contributed by atoms with E-state index < -0.39 is 0 Å². The maximum Gasteiger partial charge on any atom is 0.241 e. The first-order chi connectivity index (χ1) is 7.91. The van der Waals surface area contributed by atoms with Crippen LogP contribution in [0.2, 0.25) is 0 Å². The highest BCUT2D eigenvalue weighted by molar-refractivity contribution is 7.80. The van der Waals surface area contributed by atoms with Gasteiger partial charge in [-0.2, -0.15) is 0 Å². The number of aromatic nitrogens is 1. The van der Waals surface area contributed by atoms with E-state index in [1.807, 2.05) is 7.05 Å². The summed E-state index contributed by atoms with van der Waals surface area (Å²) in [4.78, 5) is 19.3. The Morgan fingerprint density at radius 3 is 2.47 bits per heavy atom. The van der Waals surface area contributed by atoms with Crippen molar-refractivity contribution in [3.63, 3.8) is 0 Å². The Morgan fingerprint density at radius 1 is 1.41 bits per heavy atom. The van der Waals surface area contributed by atoms with Crippen LogP contribution in [0, 0.1) is 0 Å². The SMILES string of the molecule is CN(C)C(=O)CN(C)c1ccc(C(N)=S)cn1. The minimum absolute atomic E-state index is 0.0210. The van der Waals surface area contributed by atoms with Crippen molar-refractivity contribution in [2.45, 2.75) is 0 Å². The van der Waals surface area contributed by atoms with Gasteiger partial charge < -0.3 is 15.5 Å². The van der Waals surface area contributed by atoms with Gasteiger partial charge in [-0.3, -0.25) is 4.79 Å². The van der Waals surface area contributed by atoms with Gasteiger partial charge in [-0.25, -0.2) is 4.98 Å². The van der Waals surface area contributed by atoms with Crippen molar-refractivity contribution in [1.82, 2.24) is 9.88 Å². The molecule has 0 aliphatic carbocycles. The number of anilines is 1. The summed E-state index contributed by atoms with van der Waals surface area (Å²) in [5.74, 6) is 0.730. The molecular weight excluding hydrogens is 236 g/mol. The molecule has 92 valence electrons. The number of nitrogens with two attached hydrogens (primary N) is 1. The van der Waals surface area contributed by atoms with Gasteiger partial charge in [0, 0.05) is 32.9 Å². The molecule has 0 saturated heterocycles. The Labute approximate surface area is 106 Å². The lowest BCUT2D eigenvalue weighted by molar-refractivity contribution is -0.127. The third-order valence-electron chi connectivity index (χ3n) is 2.29. The molecule has 0 bridgehead atoms. The maximum atomic E-state index is 11.5. The quantitative estimate of drug-likeness (QED) is 0.778. The van der Waals surface area contributed by atoms with Crippen molar-refractivity contribution in [3.8, 4) is 0 Å². The number of likely N-dealkylation sites (N-methyl/N-ethyl adjacent to an activating group) is 2. The highest BCUT2D eigenvalue weighted by Gasteiger charge is 2.10. The fourth-order valence-corrected chi connectivity index (χ4v) is 1.30. The molecule has 1 aromatic rings. The highest BCUT2D eigenvalue weighted by Crippen LogP contribution is 2.09. The molecule has 0 radical (unpaired) electrons. The Hall–Kier alpha value is -1.69. The second-order valence-electron chi connectivity index (χ2n) is 3.91. The summed E-state index contributed by atoms with van der Waals surface area (Å²) < 4.78 is 0. The zero-order valence-electron chi connectivity index (χ0n) is 10.2. The van der Waals surface area contributed by atoms with Gasteiger partial charge in [0.25, 0.3) is 0 Å². The van der Waals surface area contributed by atoms with Crippen LogP contribution in [0.5, 0.6) is 0 Å². The van der Waals surface area contributed by atoms with Crippen molar-refractivity contribution in [1.29, 1.82) is 0 Å². The molecule has 1 heterocycles. The molecule has 1 rings (SSSR count). The number of thiocarbonyl (C=S) groups is 1. The fraction of sp³-hybridized carbons (Fsp3) is 0.364. The molecule has 0 fully saturated rings. The van der Waals surface area contributed by atoms with Crippen LogP contribution in [-0.4, -0.2) is 48.5 Å². The maximum absolute atomic E-state index is 11.5. The van der Waals surface area contributed by atoms with Crippen molar-refractivity contribution in [2.75, 3.05) is 32.6 Å². The van der Waals surface area contributed by atoms with Gasteiger partial charge in [0.15, 0.2) is 0 Å². The zero-order valence-corrected chi connectivity index (χ0v) is 11.0. The monoisotopic (exact) mass is 252 g/mol. The predicted octanol–water partition coefficient (Wildman–Crippen LogP) is 0.240. The topological polar surface area (TPSA) is 62.5 Å². The average molecular weight is 252 g/mol. The Balaban J connectivity index is 2.73. The van der Waals surface area contributed by atoms with E-state index >= 15 is 0 Å². The van der Waals surface area contributed by atoms with Gasteiger partial charge in [-0.15, -0.1) is 0 Å². The molecule has 0 aromatic carbocycles. The van der Waals surface area contributed by atoms with Gasteiger partial charge in [0.1, 0.15) is 10.8 Å². The Bertz CT molecular complexity index is 416. The van der Waals surface area contributed by atoms with Crippen LogP contribution in [-0.2, 0) is 4.79 Å². The smallest absolute Gasteiger partial charge is 0.241 e. The van der Waals surface area contributed by atoms with E-state index in [1.165, 1.54) is 0 Å². The lowest BCUT2D eigenvalue weighted by Gasteiger charge is -2.20. The largest absolute Gasteiger partial charge is 0.389 e. The van der Waals surface area contributed by atoms with Gasteiger partial charge in [-0.05, 0) is 12.1 Å². The van der Waals surface area contributed by atoms with E-state index in [2.05, 4.69) is 4.98 Å². The van der Waals surface area contributed by atoms with E-state index in [0.717, 1.165) is 5.56 Å². The molecule has 2 N–H and O–H groups in total. The molecule has 0 aliphatic rings. The first kappa shape index (κ1) is 13.4. The molecule has 0 saturated carbocycles. The highest BCUT2D eigenvalue weighted by atomic mass is 32.1. The van der Waals surface area contributed by atoms with Crippen LogP contribution in [0.3, 0.4) is 0 Å². The predicted molar refractivity (Wildman–Crippen MR) is 72.1 cm³/mol. The van der Waals surface area contributed by atoms with E-state index in [0.29, 0.717) is 10.8 Å². The summed E-state index contributed by atoms with van der Waals surface area (Å²) >= 11 is 4.84. The third kappa shape index (κ3) is 3.67. The number of pyridine rings is 1. The number of rotatable bonds is 4. The molecule has 0 unspecified atom stereocenters. The van der Waals surface area contributed by atoms with E-state index in [4.69, 9.17) is 18.0 Å². The minimum Gasteiger partial charge on any atom is -0.389 e. The van der Waals surface area contributed by atoms with E-state index in [9.17, 15) is 4.79 Å². The molecule has 17 heavy (non-hydrogen) atoms.